The lowest BCUT2D eigenvalue weighted by Gasteiger charge is -2.05. The van der Waals surface area contributed by atoms with Crippen molar-refractivity contribution in [1.82, 2.24) is 9.97 Å². The molecule has 2 rings (SSSR count). The Bertz CT molecular complexity index is 559. The number of nitrogens with zero attached hydrogens (tertiary/aromatic N) is 3. The fourth-order valence-electron chi connectivity index (χ4n) is 1.49. The van der Waals surface area contributed by atoms with Crippen molar-refractivity contribution in [2.75, 3.05) is 13.7 Å². The third kappa shape index (κ3) is 3.76. The molecule has 1 aromatic heterocycles. The summed E-state index contributed by atoms with van der Waals surface area (Å²) >= 11 is 0. The quantitative estimate of drug-likeness (QED) is 0.820. The van der Waals surface area contributed by atoms with Gasteiger partial charge in [-0.25, -0.2) is 9.97 Å². The number of rotatable bonds is 5. The molecule has 0 atom stereocenters. The maximum Gasteiger partial charge on any atom is 0.237 e. The minimum absolute atomic E-state index is 0.266. The molecule has 0 bridgehead atoms. The zero-order valence-corrected chi connectivity index (χ0v) is 10.5. The second-order valence-corrected chi connectivity index (χ2v) is 3.84. The number of aromatic nitrogens is 2. The first-order valence-corrected chi connectivity index (χ1v) is 5.79. The van der Waals surface area contributed by atoms with Crippen molar-refractivity contribution in [3.05, 3.63) is 47.9 Å². The van der Waals surface area contributed by atoms with Gasteiger partial charge in [0.15, 0.2) is 5.69 Å². The Morgan fingerprint density at radius 2 is 1.95 bits per heavy atom. The summed E-state index contributed by atoms with van der Waals surface area (Å²) in [4.78, 5) is 7.88. The van der Waals surface area contributed by atoms with Gasteiger partial charge in [0.05, 0.1) is 19.0 Å². The summed E-state index contributed by atoms with van der Waals surface area (Å²) in [6.07, 6.45) is 3.67. The minimum atomic E-state index is 0.266. The molecular weight excluding hydrogens is 242 g/mol. The fraction of sp³-hybridized carbons (Fsp3) is 0.214. The van der Waals surface area contributed by atoms with Gasteiger partial charge in [-0.3, -0.25) is 0 Å². The van der Waals surface area contributed by atoms with E-state index in [2.05, 4.69) is 9.97 Å². The molecule has 0 aliphatic rings. The molecule has 0 N–H and O–H groups in total. The van der Waals surface area contributed by atoms with E-state index in [4.69, 9.17) is 14.7 Å². The van der Waals surface area contributed by atoms with Crippen LogP contribution in [0.1, 0.15) is 11.3 Å². The Morgan fingerprint density at radius 1 is 1.16 bits per heavy atom. The van der Waals surface area contributed by atoms with Crippen LogP contribution in [0, 0.1) is 11.3 Å². The van der Waals surface area contributed by atoms with Crippen LogP contribution in [-0.2, 0) is 11.2 Å². The maximum absolute atomic E-state index is 8.62. The average Bonchev–Trinajstić information content (AvgIpc) is 2.47. The van der Waals surface area contributed by atoms with Gasteiger partial charge < -0.3 is 9.47 Å². The predicted octanol–water partition coefficient (Wildman–Crippen LogP) is 2.33. The highest BCUT2D eigenvalue weighted by Gasteiger charge is 2.00. The number of benzene rings is 1. The van der Waals surface area contributed by atoms with Crippen molar-refractivity contribution in [2.45, 2.75) is 6.42 Å². The van der Waals surface area contributed by atoms with E-state index >= 15 is 0 Å². The van der Waals surface area contributed by atoms with Crippen LogP contribution in [0.3, 0.4) is 0 Å². The van der Waals surface area contributed by atoms with Crippen molar-refractivity contribution in [3.8, 4) is 17.7 Å². The number of nitriles is 1. The number of hydrogen-bond acceptors (Lipinski definition) is 5. The van der Waals surface area contributed by atoms with Crippen LogP contribution in [0.4, 0.5) is 0 Å². The predicted molar refractivity (Wildman–Crippen MR) is 68.8 cm³/mol. The second kappa shape index (κ2) is 6.47. The second-order valence-electron chi connectivity index (χ2n) is 3.84. The molecule has 0 aliphatic carbocycles. The molecule has 0 saturated carbocycles. The first-order valence-electron chi connectivity index (χ1n) is 5.79. The van der Waals surface area contributed by atoms with Gasteiger partial charge in [-0.15, -0.1) is 0 Å². The van der Waals surface area contributed by atoms with Crippen LogP contribution in [0.2, 0.25) is 0 Å². The average molecular weight is 255 g/mol. The van der Waals surface area contributed by atoms with E-state index in [1.807, 2.05) is 30.3 Å². The van der Waals surface area contributed by atoms with Gasteiger partial charge in [0.1, 0.15) is 11.8 Å². The van der Waals surface area contributed by atoms with Crippen LogP contribution in [-0.4, -0.2) is 23.7 Å². The van der Waals surface area contributed by atoms with Gasteiger partial charge >= 0.3 is 0 Å². The molecule has 0 fully saturated rings. The van der Waals surface area contributed by atoms with Crippen molar-refractivity contribution >= 4 is 0 Å². The highest BCUT2D eigenvalue weighted by molar-refractivity contribution is 5.30. The van der Waals surface area contributed by atoms with Gasteiger partial charge in [0.2, 0.25) is 5.88 Å². The molecule has 96 valence electrons. The molecule has 0 saturated heterocycles. The first kappa shape index (κ1) is 13.0. The molecule has 0 aliphatic heterocycles. The topological polar surface area (TPSA) is 68.0 Å². The zero-order chi connectivity index (χ0) is 13.5. The number of hydrogen-bond donors (Lipinski definition) is 0. The minimum Gasteiger partial charge on any atom is -0.438 e. The zero-order valence-electron chi connectivity index (χ0n) is 10.5. The molecule has 0 radical (unpaired) electrons. The lowest BCUT2D eigenvalue weighted by atomic mass is 10.1. The van der Waals surface area contributed by atoms with Crippen LogP contribution < -0.4 is 4.74 Å². The van der Waals surface area contributed by atoms with Crippen LogP contribution in [0.15, 0.2) is 36.7 Å². The lowest BCUT2D eigenvalue weighted by molar-refractivity contribution is 0.202. The molecule has 2 aromatic rings. The summed E-state index contributed by atoms with van der Waals surface area (Å²) in [7, 11) is 1.68. The molecule has 19 heavy (non-hydrogen) atoms. The van der Waals surface area contributed by atoms with E-state index in [1.54, 1.807) is 7.11 Å². The lowest BCUT2D eigenvalue weighted by Crippen LogP contribution is -1.94. The van der Waals surface area contributed by atoms with E-state index < -0.39 is 0 Å². The molecule has 0 unspecified atom stereocenters. The largest absolute Gasteiger partial charge is 0.438 e. The van der Waals surface area contributed by atoms with Crippen molar-refractivity contribution in [1.29, 1.82) is 5.26 Å². The molecule has 0 spiro atoms. The summed E-state index contributed by atoms with van der Waals surface area (Å²) in [5.41, 5.74) is 1.45. The van der Waals surface area contributed by atoms with Gasteiger partial charge in [-0.2, -0.15) is 5.26 Å². The van der Waals surface area contributed by atoms with Crippen LogP contribution in [0.25, 0.3) is 0 Å². The van der Waals surface area contributed by atoms with E-state index in [-0.39, 0.29) is 5.69 Å². The van der Waals surface area contributed by atoms with Gasteiger partial charge in [-0.1, -0.05) is 12.1 Å². The highest BCUT2D eigenvalue weighted by Crippen LogP contribution is 2.19. The standard InChI is InChI=1S/C14H13N3O2/c1-18-7-6-11-2-4-13(5-3-11)19-14-10-16-12(8-15)9-17-14/h2-5,9-10H,6-7H2,1H3. The Kier molecular flexibility index (Phi) is 4.43. The Hall–Kier alpha value is -2.45. The number of methoxy groups -OCH3 is 1. The van der Waals surface area contributed by atoms with Crippen molar-refractivity contribution < 1.29 is 9.47 Å². The summed E-state index contributed by atoms with van der Waals surface area (Å²) < 4.78 is 10.5. The van der Waals surface area contributed by atoms with Crippen LogP contribution >= 0.6 is 0 Å². The van der Waals surface area contributed by atoms with Crippen molar-refractivity contribution in [2.24, 2.45) is 0 Å². The van der Waals surface area contributed by atoms with Gasteiger partial charge in [0, 0.05) is 7.11 Å². The SMILES string of the molecule is COCCc1ccc(Oc2cnc(C#N)cn2)cc1. The Morgan fingerprint density at radius 3 is 2.53 bits per heavy atom. The number of ether oxygens (including phenoxy) is 2. The smallest absolute Gasteiger partial charge is 0.237 e. The molecule has 0 amide bonds. The summed E-state index contributed by atoms with van der Waals surface area (Å²) in [6, 6.07) is 9.59. The van der Waals surface area contributed by atoms with E-state index in [0.29, 0.717) is 18.2 Å². The van der Waals surface area contributed by atoms with E-state index in [9.17, 15) is 0 Å². The van der Waals surface area contributed by atoms with E-state index in [0.717, 1.165) is 6.42 Å². The highest BCUT2D eigenvalue weighted by atomic mass is 16.5. The van der Waals surface area contributed by atoms with Crippen molar-refractivity contribution in [3.63, 3.8) is 0 Å². The van der Waals surface area contributed by atoms with Gasteiger partial charge in [0.25, 0.3) is 0 Å². The molecule has 1 heterocycles. The summed E-state index contributed by atoms with van der Waals surface area (Å²) in [5, 5.41) is 8.62. The van der Waals surface area contributed by atoms with Gasteiger partial charge in [-0.05, 0) is 24.1 Å². The maximum atomic E-state index is 8.62. The van der Waals surface area contributed by atoms with Crippen LogP contribution in [0.5, 0.6) is 11.6 Å². The summed E-state index contributed by atoms with van der Waals surface area (Å²) in [6.45, 7) is 0.696. The third-order valence-corrected chi connectivity index (χ3v) is 2.48. The fourth-order valence-corrected chi connectivity index (χ4v) is 1.49. The Labute approximate surface area is 111 Å². The normalized spacial score (nSPS) is 9.89. The molecule has 1 aromatic carbocycles. The molecular formula is C14H13N3O2. The first-order chi connectivity index (χ1) is 9.31. The Balaban J connectivity index is 2.00. The molecule has 5 heteroatoms. The monoisotopic (exact) mass is 255 g/mol. The van der Waals surface area contributed by atoms with E-state index in [1.165, 1.54) is 18.0 Å². The summed E-state index contributed by atoms with van der Waals surface area (Å²) in [5.74, 6) is 1.05. The molecule has 5 nitrogen and oxygen atoms in total. The third-order valence-electron chi connectivity index (χ3n) is 2.48.